The standard InChI is InChI=1S/C11H8N2O/c14-8-11-7-10(3-6-13-11)9-1-4-12-5-2-9/h1-8H. The smallest absolute Gasteiger partial charge is 0.168 e. The van der Waals surface area contributed by atoms with Crippen molar-refractivity contribution in [2.45, 2.75) is 0 Å². The highest BCUT2D eigenvalue weighted by Crippen LogP contribution is 2.17. The van der Waals surface area contributed by atoms with Gasteiger partial charge < -0.3 is 0 Å². The minimum absolute atomic E-state index is 0.444. The lowest BCUT2D eigenvalue weighted by molar-refractivity contribution is 0.111. The summed E-state index contributed by atoms with van der Waals surface area (Å²) in [6.07, 6.45) is 5.80. The second kappa shape index (κ2) is 3.79. The van der Waals surface area contributed by atoms with Crippen molar-refractivity contribution in [3.05, 3.63) is 48.5 Å². The van der Waals surface area contributed by atoms with E-state index in [1.54, 1.807) is 24.7 Å². The molecule has 0 aliphatic heterocycles. The molecular formula is C11H8N2O. The van der Waals surface area contributed by atoms with E-state index in [2.05, 4.69) is 9.97 Å². The molecule has 0 bridgehead atoms. The Bertz CT molecular complexity index is 440. The van der Waals surface area contributed by atoms with Crippen molar-refractivity contribution in [3.8, 4) is 11.1 Å². The van der Waals surface area contributed by atoms with Crippen molar-refractivity contribution in [2.24, 2.45) is 0 Å². The first-order chi connectivity index (χ1) is 6.90. The van der Waals surface area contributed by atoms with Crippen molar-refractivity contribution in [3.63, 3.8) is 0 Å². The number of rotatable bonds is 2. The minimum atomic E-state index is 0.444. The number of hydrogen-bond donors (Lipinski definition) is 0. The predicted molar refractivity (Wildman–Crippen MR) is 52.9 cm³/mol. The van der Waals surface area contributed by atoms with Crippen LogP contribution < -0.4 is 0 Å². The zero-order valence-corrected chi connectivity index (χ0v) is 7.42. The second-order valence-electron chi connectivity index (χ2n) is 2.82. The molecule has 0 N–H and O–H groups in total. The molecule has 0 aromatic carbocycles. The summed E-state index contributed by atoms with van der Waals surface area (Å²) in [4.78, 5) is 18.3. The van der Waals surface area contributed by atoms with Crippen LogP contribution in [-0.4, -0.2) is 16.3 Å². The lowest BCUT2D eigenvalue weighted by Crippen LogP contribution is -1.86. The number of aldehydes is 1. The quantitative estimate of drug-likeness (QED) is 0.670. The average Bonchev–Trinajstić information content (AvgIpc) is 2.30. The third-order valence-corrected chi connectivity index (χ3v) is 1.92. The van der Waals surface area contributed by atoms with Crippen LogP contribution in [-0.2, 0) is 0 Å². The van der Waals surface area contributed by atoms with Crippen LogP contribution in [0.4, 0.5) is 0 Å². The lowest BCUT2D eigenvalue weighted by atomic mass is 10.1. The summed E-state index contributed by atoms with van der Waals surface area (Å²) in [6.45, 7) is 0. The second-order valence-corrected chi connectivity index (χ2v) is 2.82. The van der Waals surface area contributed by atoms with Gasteiger partial charge in [-0.2, -0.15) is 0 Å². The van der Waals surface area contributed by atoms with Crippen LogP contribution in [0.25, 0.3) is 11.1 Å². The van der Waals surface area contributed by atoms with E-state index in [1.807, 2.05) is 18.2 Å². The van der Waals surface area contributed by atoms with Crippen molar-refractivity contribution in [1.82, 2.24) is 9.97 Å². The first-order valence-electron chi connectivity index (χ1n) is 4.22. The molecule has 0 saturated carbocycles. The minimum Gasteiger partial charge on any atom is -0.296 e. The highest BCUT2D eigenvalue weighted by molar-refractivity contribution is 5.75. The lowest BCUT2D eigenvalue weighted by Gasteiger charge is -2.00. The molecule has 0 fully saturated rings. The monoisotopic (exact) mass is 184 g/mol. The SMILES string of the molecule is O=Cc1cc(-c2ccncc2)ccn1. The number of pyridine rings is 2. The summed E-state index contributed by atoms with van der Waals surface area (Å²) < 4.78 is 0. The van der Waals surface area contributed by atoms with E-state index >= 15 is 0 Å². The van der Waals surface area contributed by atoms with E-state index in [9.17, 15) is 4.79 Å². The third-order valence-electron chi connectivity index (χ3n) is 1.92. The molecule has 68 valence electrons. The van der Waals surface area contributed by atoms with Gasteiger partial charge in [-0.05, 0) is 35.4 Å². The van der Waals surface area contributed by atoms with Gasteiger partial charge in [0.15, 0.2) is 6.29 Å². The highest BCUT2D eigenvalue weighted by Gasteiger charge is 1.98. The maximum Gasteiger partial charge on any atom is 0.168 e. The van der Waals surface area contributed by atoms with Gasteiger partial charge in [-0.3, -0.25) is 14.8 Å². The predicted octanol–water partition coefficient (Wildman–Crippen LogP) is 1.96. The van der Waals surface area contributed by atoms with E-state index in [0.717, 1.165) is 17.4 Å². The van der Waals surface area contributed by atoms with Crippen LogP contribution >= 0.6 is 0 Å². The molecule has 0 aliphatic rings. The van der Waals surface area contributed by atoms with Crippen LogP contribution in [0.1, 0.15) is 10.5 Å². The van der Waals surface area contributed by atoms with Gasteiger partial charge in [-0.25, -0.2) is 0 Å². The Kier molecular flexibility index (Phi) is 2.32. The van der Waals surface area contributed by atoms with E-state index in [0.29, 0.717) is 5.69 Å². The fourth-order valence-corrected chi connectivity index (χ4v) is 1.24. The van der Waals surface area contributed by atoms with Gasteiger partial charge in [0.2, 0.25) is 0 Å². The number of nitrogens with zero attached hydrogens (tertiary/aromatic N) is 2. The molecular weight excluding hydrogens is 176 g/mol. The first-order valence-corrected chi connectivity index (χ1v) is 4.22. The molecule has 0 aliphatic carbocycles. The summed E-state index contributed by atoms with van der Waals surface area (Å²) in [5.74, 6) is 0. The Balaban J connectivity index is 2.47. The normalized spacial score (nSPS) is 9.71. The van der Waals surface area contributed by atoms with E-state index < -0.39 is 0 Å². The number of aromatic nitrogens is 2. The Labute approximate surface area is 81.5 Å². The molecule has 0 radical (unpaired) electrons. The van der Waals surface area contributed by atoms with E-state index in [-0.39, 0.29) is 0 Å². The van der Waals surface area contributed by atoms with Crippen LogP contribution in [0.2, 0.25) is 0 Å². The fourth-order valence-electron chi connectivity index (χ4n) is 1.24. The molecule has 2 rings (SSSR count). The molecule has 0 atom stereocenters. The van der Waals surface area contributed by atoms with Gasteiger partial charge in [0.25, 0.3) is 0 Å². The van der Waals surface area contributed by atoms with Crippen molar-refractivity contribution < 1.29 is 4.79 Å². The molecule has 3 heteroatoms. The molecule has 0 unspecified atom stereocenters. The van der Waals surface area contributed by atoms with Crippen LogP contribution in [0.3, 0.4) is 0 Å². The average molecular weight is 184 g/mol. The van der Waals surface area contributed by atoms with Gasteiger partial charge in [0.1, 0.15) is 5.69 Å². The van der Waals surface area contributed by atoms with Gasteiger partial charge in [0.05, 0.1) is 0 Å². The molecule has 0 spiro atoms. The van der Waals surface area contributed by atoms with Gasteiger partial charge in [-0.15, -0.1) is 0 Å². The Hall–Kier alpha value is -2.03. The number of carbonyl (C=O) groups excluding carboxylic acids is 1. The van der Waals surface area contributed by atoms with Crippen molar-refractivity contribution in [1.29, 1.82) is 0 Å². The van der Waals surface area contributed by atoms with Gasteiger partial charge in [-0.1, -0.05) is 0 Å². The molecule has 14 heavy (non-hydrogen) atoms. The summed E-state index contributed by atoms with van der Waals surface area (Å²) in [5, 5.41) is 0. The van der Waals surface area contributed by atoms with Crippen molar-refractivity contribution in [2.75, 3.05) is 0 Å². The molecule has 2 heterocycles. The zero-order chi connectivity index (χ0) is 9.80. The zero-order valence-electron chi connectivity index (χ0n) is 7.42. The van der Waals surface area contributed by atoms with Crippen LogP contribution in [0, 0.1) is 0 Å². The van der Waals surface area contributed by atoms with Crippen molar-refractivity contribution >= 4 is 6.29 Å². The molecule has 2 aromatic heterocycles. The van der Waals surface area contributed by atoms with Gasteiger partial charge >= 0.3 is 0 Å². The fraction of sp³-hybridized carbons (Fsp3) is 0. The number of carbonyl (C=O) groups is 1. The largest absolute Gasteiger partial charge is 0.296 e. The van der Waals surface area contributed by atoms with Gasteiger partial charge in [0, 0.05) is 18.6 Å². The Morgan fingerprint density at radius 1 is 1.00 bits per heavy atom. The maximum atomic E-state index is 10.5. The molecule has 2 aromatic rings. The Morgan fingerprint density at radius 3 is 2.43 bits per heavy atom. The molecule has 0 saturated heterocycles. The summed E-state index contributed by atoms with van der Waals surface area (Å²) in [5.41, 5.74) is 2.45. The van der Waals surface area contributed by atoms with E-state index in [4.69, 9.17) is 0 Å². The summed E-state index contributed by atoms with van der Waals surface area (Å²) in [6, 6.07) is 7.40. The van der Waals surface area contributed by atoms with E-state index in [1.165, 1.54) is 0 Å². The third kappa shape index (κ3) is 1.66. The molecule has 3 nitrogen and oxygen atoms in total. The first kappa shape index (κ1) is 8.56. The molecule has 0 amide bonds. The maximum absolute atomic E-state index is 10.5. The van der Waals surface area contributed by atoms with Crippen LogP contribution in [0.15, 0.2) is 42.9 Å². The van der Waals surface area contributed by atoms with Crippen LogP contribution in [0.5, 0.6) is 0 Å². The highest BCUT2D eigenvalue weighted by atomic mass is 16.1. The summed E-state index contributed by atoms with van der Waals surface area (Å²) >= 11 is 0. The number of hydrogen-bond acceptors (Lipinski definition) is 3. The Morgan fingerprint density at radius 2 is 1.71 bits per heavy atom. The summed E-state index contributed by atoms with van der Waals surface area (Å²) in [7, 11) is 0. The topological polar surface area (TPSA) is 42.9 Å².